The minimum Gasteiger partial charge on any atom is -0.394 e. The van der Waals surface area contributed by atoms with E-state index in [2.05, 4.69) is 10.3 Å². The van der Waals surface area contributed by atoms with Crippen molar-refractivity contribution >= 4 is 11.6 Å². The average molecular weight is 229 g/mol. The van der Waals surface area contributed by atoms with Gasteiger partial charge in [0.25, 0.3) is 11.6 Å². The van der Waals surface area contributed by atoms with Crippen molar-refractivity contribution < 1.29 is 19.9 Å². The van der Waals surface area contributed by atoms with Gasteiger partial charge in [-0.15, -0.1) is 0 Å². The molecule has 0 aromatic carbocycles. The third-order valence-electron chi connectivity index (χ3n) is 1.90. The maximum absolute atomic E-state index is 11.4. The summed E-state index contributed by atoms with van der Waals surface area (Å²) in [6.07, 6.45) is 1.09. The number of rotatable bonds is 5. The summed E-state index contributed by atoms with van der Waals surface area (Å²) in [5.74, 6) is -0.624. The van der Waals surface area contributed by atoms with Crippen LogP contribution in [0.25, 0.3) is 0 Å². The maximum atomic E-state index is 11.4. The normalized spacial score (nSPS) is 10.4. The van der Waals surface area contributed by atoms with Crippen molar-refractivity contribution in [3.8, 4) is 0 Å². The number of nitrogens with one attached hydrogen (secondary N) is 2. The van der Waals surface area contributed by atoms with Crippen LogP contribution in [-0.4, -0.2) is 45.3 Å². The van der Waals surface area contributed by atoms with E-state index >= 15 is 0 Å². The zero-order chi connectivity index (χ0) is 12.1. The molecule has 0 radical (unpaired) electrons. The van der Waals surface area contributed by atoms with Crippen LogP contribution < -0.4 is 5.32 Å². The molecule has 0 fully saturated rings. The van der Waals surface area contributed by atoms with Crippen LogP contribution in [0.3, 0.4) is 0 Å². The van der Waals surface area contributed by atoms with Crippen molar-refractivity contribution in [1.82, 2.24) is 10.3 Å². The Kier molecular flexibility index (Phi) is 3.97. The zero-order valence-corrected chi connectivity index (χ0v) is 8.21. The summed E-state index contributed by atoms with van der Waals surface area (Å²) in [5.41, 5.74) is -0.228. The summed E-state index contributed by atoms with van der Waals surface area (Å²) in [7, 11) is 0. The number of aliphatic hydroxyl groups is 2. The molecule has 0 aliphatic heterocycles. The largest absolute Gasteiger partial charge is 0.394 e. The van der Waals surface area contributed by atoms with E-state index in [1.54, 1.807) is 0 Å². The Morgan fingerprint density at radius 1 is 1.56 bits per heavy atom. The Morgan fingerprint density at radius 3 is 2.62 bits per heavy atom. The lowest BCUT2D eigenvalue weighted by atomic mass is 10.3. The van der Waals surface area contributed by atoms with Crippen LogP contribution >= 0.6 is 0 Å². The average Bonchev–Trinajstić information content (AvgIpc) is 2.74. The van der Waals surface area contributed by atoms with Gasteiger partial charge in [0.2, 0.25) is 0 Å². The standard InChI is InChI=1S/C8H11N3O5/c12-3-5(4-13)10-8(14)7-1-6(2-9-7)11(15)16/h1-2,5,9,12-13H,3-4H2,(H,10,14). The number of carbonyl (C=O) groups is 1. The quantitative estimate of drug-likeness (QED) is 0.380. The van der Waals surface area contributed by atoms with E-state index in [1.165, 1.54) is 0 Å². The van der Waals surface area contributed by atoms with Crippen molar-refractivity contribution in [2.75, 3.05) is 13.2 Å². The summed E-state index contributed by atoms with van der Waals surface area (Å²) < 4.78 is 0. The number of aliphatic hydroxyl groups excluding tert-OH is 2. The van der Waals surface area contributed by atoms with Crippen LogP contribution in [0.4, 0.5) is 5.69 Å². The second-order valence-electron chi connectivity index (χ2n) is 3.06. The van der Waals surface area contributed by atoms with Crippen molar-refractivity contribution in [3.63, 3.8) is 0 Å². The molecule has 1 aromatic heterocycles. The molecule has 0 spiro atoms. The molecular formula is C8H11N3O5. The van der Waals surface area contributed by atoms with Gasteiger partial charge in [0, 0.05) is 6.07 Å². The van der Waals surface area contributed by atoms with E-state index in [0.717, 1.165) is 12.3 Å². The Morgan fingerprint density at radius 2 is 2.19 bits per heavy atom. The number of hydrogen-bond donors (Lipinski definition) is 4. The Balaban J connectivity index is 2.69. The first kappa shape index (κ1) is 12.1. The van der Waals surface area contributed by atoms with E-state index < -0.39 is 30.1 Å². The SMILES string of the molecule is O=C(NC(CO)CO)c1cc([N+](=O)[O-])c[nH]1. The number of carbonyl (C=O) groups excluding carboxylic acids is 1. The zero-order valence-electron chi connectivity index (χ0n) is 8.21. The van der Waals surface area contributed by atoms with Crippen LogP contribution in [0.2, 0.25) is 0 Å². The topological polar surface area (TPSA) is 128 Å². The first-order chi connectivity index (χ1) is 7.58. The molecule has 0 saturated carbocycles. The highest BCUT2D eigenvalue weighted by Gasteiger charge is 2.16. The number of amides is 1. The number of aromatic amines is 1. The number of H-pyrrole nitrogens is 1. The minimum absolute atomic E-state index is 0.00130. The van der Waals surface area contributed by atoms with Gasteiger partial charge < -0.3 is 20.5 Å². The monoisotopic (exact) mass is 229 g/mol. The predicted octanol–water partition coefficient (Wildman–Crippen LogP) is -0.994. The number of aromatic nitrogens is 1. The number of nitro groups is 1. The molecule has 4 N–H and O–H groups in total. The molecule has 0 unspecified atom stereocenters. The fourth-order valence-electron chi connectivity index (χ4n) is 1.03. The molecule has 1 heterocycles. The van der Waals surface area contributed by atoms with Gasteiger partial charge in [-0.25, -0.2) is 0 Å². The summed E-state index contributed by atoms with van der Waals surface area (Å²) in [6, 6.07) is 0.288. The fraction of sp³-hybridized carbons (Fsp3) is 0.375. The van der Waals surface area contributed by atoms with Crippen molar-refractivity contribution in [3.05, 3.63) is 28.1 Å². The molecule has 1 aromatic rings. The molecule has 1 rings (SSSR count). The van der Waals surface area contributed by atoms with Gasteiger partial charge in [0.05, 0.1) is 30.4 Å². The van der Waals surface area contributed by atoms with E-state index in [4.69, 9.17) is 10.2 Å². The predicted molar refractivity (Wildman–Crippen MR) is 52.9 cm³/mol. The van der Waals surface area contributed by atoms with Crippen LogP contribution in [0.1, 0.15) is 10.5 Å². The highest BCUT2D eigenvalue weighted by atomic mass is 16.6. The summed E-state index contributed by atoms with van der Waals surface area (Å²) in [6.45, 7) is -0.823. The van der Waals surface area contributed by atoms with Crippen molar-refractivity contribution in [1.29, 1.82) is 0 Å². The number of nitrogens with zero attached hydrogens (tertiary/aromatic N) is 1. The van der Waals surface area contributed by atoms with Crippen molar-refractivity contribution in [2.24, 2.45) is 0 Å². The highest BCUT2D eigenvalue weighted by molar-refractivity contribution is 5.93. The van der Waals surface area contributed by atoms with Crippen LogP contribution in [0, 0.1) is 10.1 Å². The first-order valence-corrected chi connectivity index (χ1v) is 4.44. The fourth-order valence-corrected chi connectivity index (χ4v) is 1.03. The van der Waals surface area contributed by atoms with Crippen LogP contribution in [0.15, 0.2) is 12.3 Å². The van der Waals surface area contributed by atoms with Crippen LogP contribution in [-0.2, 0) is 0 Å². The molecule has 8 heteroatoms. The Hall–Kier alpha value is -1.93. The third-order valence-corrected chi connectivity index (χ3v) is 1.90. The van der Waals surface area contributed by atoms with Gasteiger partial charge in [-0.2, -0.15) is 0 Å². The summed E-state index contributed by atoms with van der Waals surface area (Å²) in [5, 5.41) is 30.1. The summed E-state index contributed by atoms with van der Waals surface area (Å²) in [4.78, 5) is 23.6. The van der Waals surface area contributed by atoms with Gasteiger partial charge in [0.1, 0.15) is 5.69 Å². The lowest BCUT2D eigenvalue weighted by Crippen LogP contribution is -2.40. The molecule has 0 atom stereocenters. The maximum Gasteiger partial charge on any atom is 0.287 e. The van der Waals surface area contributed by atoms with Gasteiger partial charge in [-0.1, -0.05) is 0 Å². The van der Waals surface area contributed by atoms with Gasteiger partial charge in [0.15, 0.2) is 0 Å². The molecule has 0 bridgehead atoms. The van der Waals surface area contributed by atoms with E-state index in [9.17, 15) is 14.9 Å². The van der Waals surface area contributed by atoms with Gasteiger partial charge >= 0.3 is 0 Å². The van der Waals surface area contributed by atoms with Crippen LogP contribution in [0.5, 0.6) is 0 Å². The lowest BCUT2D eigenvalue weighted by molar-refractivity contribution is -0.384. The minimum atomic E-state index is -0.783. The molecular weight excluding hydrogens is 218 g/mol. The number of hydrogen-bond acceptors (Lipinski definition) is 5. The molecule has 0 saturated heterocycles. The highest BCUT2D eigenvalue weighted by Crippen LogP contribution is 2.11. The van der Waals surface area contributed by atoms with Gasteiger partial charge in [-0.3, -0.25) is 14.9 Å². The Bertz CT molecular complexity index is 385. The second kappa shape index (κ2) is 5.24. The lowest BCUT2D eigenvalue weighted by Gasteiger charge is -2.11. The third kappa shape index (κ3) is 2.78. The molecule has 88 valence electrons. The van der Waals surface area contributed by atoms with Crippen molar-refractivity contribution in [2.45, 2.75) is 6.04 Å². The smallest absolute Gasteiger partial charge is 0.287 e. The van der Waals surface area contributed by atoms with E-state index in [0.29, 0.717) is 0 Å². The van der Waals surface area contributed by atoms with E-state index in [1.807, 2.05) is 0 Å². The molecule has 1 amide bonds. The first-order valence-electron chi connectivity index (χ1n) is 4.44. The molecule has 0 aliphatic carbocycles. The second-order valence-corrected chi connectivity index (χ2v) is 3.06. The summed E-state index contributed by atoms with van der Waals surface area (Å²) >= 11 is 0. The van der Waals surface area contributed by atoms with E-state index in [-0.39, 0.29) is 11.4 Å². The molecule has 16 heavy (non-hydrogen) atoms. The Labute approximate surface area is 90.1 Å². The van der Waals surface area contributed by atoms with Gasteiger partial charge in [-0.05, 0) is 0 Å². The molecule has 8 nitrogen and oxygen atoms in total. The molecule has 0 aliphatic rings.